The van der Waals surface area contributed by atoms with Crippen molar-refractivity contribution in [2.75, 3.05) is 13.1 Å². The van der Waals surface area contributed by atoms with E-state index in [4.69, 9.17) is 11.6 Å². The van der Waals surface area contributed by atoms with Crippen LogP contribution in [0, 0.1) is 11.7 Å². The molecule has 0 bridgehead atoms. The Morgan fingerprint density at radius 2 is 1.96 bits per heavy atom. The lowest BCUT2D eigenvalue weighted by atomic mass is 9.90. The molecule has 0 radical (unpaired) electrons. The Morgan fingerprint density at radius 1 is 1.17 bits per heavy atom. The molecule has 1 heterocycles. The number of amides is 1. The average Bonchev–Trinajstić information content (AvgIpc) is 2.59. The van der Waals surface area contributed by atoms with Crippen molar-refractivity contribution < 1.29 is 9.18 Å². The van der Waals surface area contributed by atoms with Crippen LogP contribution in [0.3, 0.4) is 0 Å². The highest BCUT2D eigenvalue weighted by Crippen LogP contribution is 2.26. The van der Waals surface area contributed by atoms with Gasteiger partial charge in [-0.15, -0.1) is 0 Å². The van der Waals surface area contributed by atoms with Crippen molar-refractivity contribution in [3.63, 3.8) is 0 Å². The van der Waals surface area contributed by atoms with Crippen LogP contribution in [0.25, 0.3) is 0 Å². The highest BCUT2D eigenvalue weighted by atomic mass is 35.5. The van der Waals surface area contributed by atoms with E-state index in [9.17, 15) is 9.18 Å². The van der Waals surface area contributed by atoms with Gasteiger partial charge in [0.05, 0.1) is 0 Å². The van der Waals surface area contributed by atoms with Crippen LogP contribution in [0.2, 0.25) is 5.02 Å². The van der Waals surface area contributed by atoms with Crippen LogP contribution in [0.1, 0.15) is 24.0 Å². The van der Waals surface area contributed by atoms with Crippen LogP contribution < -0.4 is 0 Å². The zero-order valence-corrected chi connectivity index (χ0v) is 14.3. The first kappa shape index (κ1) is 17.0. The molecular weight excluding hydrogens is 325 g/mol. The molecule has 0 aliphatic carbocycles. The fourth-order valence-corrected chi connectivity index (χ4v) is 3.54. The third-order valence-electron chi connectivity index (χ3n) is 4.64. The summed E-state index contributed by atoms with van der Waals surface area (Å²) >= 11 is 6.11. The minimum Gasteiger partial charge on any atom is -0.342 e. The molecule has 0 N–H and O–H groups in total. The molecule has 1 amide bonds. The molecular formula is C20H21ClFNO. The molecule has 2 aromatic carbocycles. The predicted molar refractivity (Wildman–Crippen MR) is 94.6 cm³/mol. The normalized spacial score (nSPS) is 18.0. The largest absolute Gasteiger partial charge is 0.342 e. The van der Waals surface area contributed by atoms with Crippen LogP contribution in [0.15, 0.2) is 48.5 Å². The Kier molecular flexibility index (Phi) is 5.52. The lowest BCUT2D eigenvalue weighted by Gasteiger charge is -2.32. The number of carbonyl (C=O) groups excluding carboxylic acids is 1. The van der Waals surface area contributed by atoms with E-state index in [1.54, 1.807) is 6.07 Å². The van der Waals surface area contributed by atoms with Gasteiger partial charge in [0.15, 0.2) is 0 Å². The predicted octanol–water partition coefficient (Wildman–Crippen LogP) is 4.50. The monoisotopic (exact) mass is 345 g/mol. The number of hydrogen-bond donors (Lipinski definition) is 0. The maximum absolute atomic E-state index is 13.2. The number of nitrogens with zero attached hydrogens (tertiary/aromatic N) is 1. The van der Waals surface area contributed by atoms with Crippen LogP contribution in [-0.4, -0.2) is 23.9 Å². The third kappa shape index (κ3) is 4.15. The number of piperidine rings is 1. The summed E-state index contributed by atoms with van der Waals surface area (Å²) in [6, 6.07) is 14.6. The summed E-state index contributed by atoms with van der Waals surface area (Å²) < 4.78 is 13.2. The Balaban J connectivity index is 1.62. The summed E-state index contributed by atoms with van der Waals surface area (Å²) in [6.45, 7) is 1.57. The van der Waals surface area contributed by atoms with Gasteiger partial charge >= 0.3 is 0 Å². The number of hydrogen-bond acceptors (Lipinski definition) is 1. The Bertz CT molecular complexity index is 704. The summed E-state index contributed by atoms with van der Waals surface area (Å²) in [4.78, 5) is 14.7. The third-order valence-corrected chi connectivity index (χ3v) is 4.99. The zero-order chi connectivity index (χ0) is 16.9. The van der Waals surface area contributed by atoms with Crippen LogP contribution in [-0.2, 0) is 17.6 Å². The summed E-state index contributed by atoms with van der Waals surface area (Å²) in [5.74, 6) is -0.210. The highest BCUT2D eigenvalue weighted by Gasteiger charge is 2.28. The van der Waals surface area contributed by atoms with Gasteiger partial charge in [-0.25, -0.2) is 4.39 Å². The van der Waals surface area contributed by atoms with Gasteiger partial charge in [0.25, 0.3) is 0 Å². The van der Waals surface area contributed by atoms with Crippen molar-refractivity contribution in [3.8, 4) is 0 Å². The number of halogens is 2. The molecule has 2 aromatic rings. The molecule has 1 aliphatic rings. The van der Waals surface area contributed by atoms with Gasteiger partial charge < -0.3 is 4.90 Å². The van der Waals surface area contributed by atoms with Gasteiger partial charge in [0.2, 0.25) is 5.91 Å². The van der Waals surface area contributed by atoms with Crippen molar-refractivity contribution in [3.05, 3.63) is 70.5 Å². The molecule has 3 rings (SSSR count). The van der Waals surface area contributed by atoms with Crippen molar-refractivity contribution in [2.24, 2.45) is 5.92 Å². The summed E-state index contributed by atoms with van der Waals surface area (Å²) in [6.07, 6.45) is 3.33. The minimum atomic E-state index is -0.344. The molecule has 0 saturated carbocycles. The molecule has 4 heteroatoms. The minimum absolute atomic E-state index is 0.0579. The first-order valence-corrected chi connectivity index (χ1v) is 8.78. The molecule has 1 fully saturated rings. The second-order valence-corrected chi connectivity index (χ2v) is 6.75. The van der Waals surface area contributed by atoms with Gasteiger partial charge in [-0.2, -0.15) is 0 Å². The maximum atomic E-state index is 13.2. The molecule has 1 atom stereocenters. The van der Waals surface area contributed by atoms with E-state index in [0.29, 0.717) is 11.4 Å². The Hall–Kier alpha value is -1.87. The van der Waals surface area contributed by atoms with Gasteiger partial charge in [-0.3, -0.25) is 4.79 Å². The molecule has 1 saturated heterocycles. The van der Waals surface area contributed by atoms with Gasteiger partial charge in [0.1, 0.15) is 5.82 Å². The smallest absolute Gasteiger partial charge is 0.226 e. The van der Waals surface area contributed by atoms with Crippen LogP contribution in [0.5, 0.6) is 0 Å². The zero-order valence-electron chi connectivity index (χ0n) is 13.6. The van der Waals surface area contributed by atoms with Crippen LogP contribution in [0.4, 0.5) is 4.39 Å². The summed E-state index contributed by atoms with van der Waals surface area (Å²) in [7, 11) is 0. The van der Waals surface area contributed by atoms with Crippen molar-refractivity contribution in [1.82, 2.24) is 4.90 Å². The average molecular weight is 346 g/mol. The molecule has 24 heavy (non-hydrogen) atoms. The van der Waals surface area contributed by atoms with Gasteiger partial charge in [-0.1, -0.05) is 48.0 Å². The number of benzene rings is 2. The Morgan fingerprint density at radius 3 is 2.71 bits per heavy atom. The van der Waals surface area contributed by atoms with Crippen molar-refractivity contribution in [1.29, 1.82) is 0 Å². The maximum Gasteiger partial charge on any atom is 0.226 e. The fourth-order valence-electron chi connectivity index (χ4n) is 3.29. The molecule has 1 unspecified atom stereocenters. The van der Waals surface area contributed by atoms with E-state index in [2.05, 4.69) is 12.1 Å². The van der Waals surface area contributed by atoms with Crippen LogP contribution >= 0.6 is 11.6 Å². The van der Waals surface area contributed by atoms with Crippen molar-refractivity contribution in [2.45, 2.75) is 25.7 Å². The van der Waals surface area contributed by atoms with E-state index >= 15 is 0 Å². The van der Waals surface area contributed by atoms with Gasteiger partial charge in [0, 0.05) is 24.0 Å². The summed E-state index contributed by atoms with van der Waals surface area (Å²) in [5, 5.41) is 0.407. The Labute approximate surface area is 147 Å². The highest BCUT2D eigenvalue weighted by molar-refractivity contribution is 6.31. The second kappa shape index (κ2) is 7.80. The molecule has 126 valence electrons. The molecule has 0 aromatic heterocycles. The number of rotatable bonds is 5. The van der Waals surface area contributed by atoms with E-state index < -0.39 is 0 Å². The molecule has 1 aliphatic heterocycles. The standard InChI is InChI=1S/C20H21ClFNO/c21-19-14-18(22)9-8-16(19)13-17-7-4-11-23(20(17)24)12-10-15-5-2-1-3-6-15/h1-3,5-6,8-9,14,17H,4,7,10-13H2. The first-order valence-electron chi connectivity index (χ1n) is 8.40. The number of carbonyl (C=O) groups is 1. The number of likely N-dealkylation sites (tertiary alicyclic amines) is 1. The van der Waals surface area contributed by atoms with Gasteiger partial charge in [-0.05, 0) is 48.9 Å². The fraction of sp³-hybridized carbons (Fsp3) is 0.350. The van der Waals surface area contributed by atoms with E-state index in [-0.39, 0.29) is 17.6 Å². The second-order valence-electron chi connectivity index (χ2n) is 6.34. The van der Waals surface area contributed by atoms with E-state index in [1.807, 2.05) is 23.1 Å². The van der Waals surface area contributed by atoms with E-state index in [1.165, 1.54) is 17.7 Å². The van der Waals surface area contributed by atoms with Crippen molar-refractivity contribution >= 4 is 17.5 Å². The lowest BCUT2D eigenvalue weighted by Crippen LogP contribution is -2.43. The molecule has 2 nitrogen and oxygen atoms in total. The molecule has 0 spiro atoms. The van der Waals surface area contributed by atoms with E-state index in [0.717, 1.165) is 37.9 Å². The topological polar surface area (TPSA) is 20.3 Å². The summed E-state index contributed by atoms with van der Waals surface area (Å²) in [5.41, 5.74) is 2.09. The first-order chi connectivity index (χ1) is 11.6. The quantitative estimate of drug-likeness (QED) is 0.781. The SMILES string of the molecule is O=C1C(Cc2ccc(F)cc2Cl)CCCN1CCc1ccccc1. The lowest BCUT2D eigenvalue weighted by molar-refractivity contribution is -0.138.